The molecule has 0 atom stereocenters. The molecule has 0 spiro atoms. The van der Waals surface area contributed by atoms with Crippen LogP contribution in [0.5, 0.6) is 0 Å². The van der Waals surface area contributed by atoms with E-state index in [0.29, 0.717) is 12.1 Å². The lowest BCUT2D eigenvalue weighted by Crippen LogP contribution is -2.37. The number of benzene rings is 2. The Hall–Kier alpha value is -2.66. The maximum Gasteiger partial charge on any atom is 0.225 e. The van der Waals surface area contributed by atoms with E-state index in [1.54, 1.807) is 0 Å². The van der Waals surface area contributed by atoms with Gasteiger partial charge in [-0.1, -0.05) is 48.9 Å². The van der Waals surface area contributed by atoms with Crippen molar-refractivity contribution in [3.05, 3.63) is 60.2 Å². The highest BCUT2D eigenvalue weighted by atomic mass is 15.2. The molecular formula is C27H37N5. The van der Waals surface area contributed by atoms with Gasteiger partial charge in [-0.2, -0.15) is 4.98 Å². The van der Waals surface area contributed by atoms with Crippen LogP contribution in [0, 0.1) is 0 Å². The normalized spacial score (nSPS) is 18.6. The predicted octanol–water partition coefficient (Wildman–Crippen LogP) is 5.42. The van der Waals surface area contributed by atoms with Crippen molar-refractivity contribution in [1.82, 2.24) is 15.3 Å². The number of anilines is 2. The van der Waals surface area contributed by atoms with E-state index in [-0.39, 0.29) is 0 Å². The Labute approximate surface area is 192 Å². The average Bonchev–Trinajstić information content (AvgIpc) is 2.82. The van der Waals surface area contributed by atoms with Crippen LogP contribution in [0.3, 0.4) is 0 Å². The van der Waals surface area contributed by atoms with Crippen molar-refractivity contribution in [1.29, 1.82) is 0 Å². The zero-order chi connectivity index (χ0) is 22.2. The van der Waals surface area contributed by atoms with Gasteiger partial charge in [0.15, 0.2) is 0 Å². The lowest BCUT2D eigenvalue weighted by atomic mass is 9.91. The van der Waals surface area contributed by atoms with Gasteiger partial charge < -0.3 is 15.5 Å². The number of hydrogen-bond acceptors (Lipinski definition) is 5. The van der Waals surface area contributed by atoms with E-state index in [2.05, 4.69) is 58.0 Å². The van der Waals surface area contributed by atoms with Crippen molar-refractivity contribution in [2.24, 2.45) is 0 Å². The lowest BCUT2D eigenvalue weighted by molar-refractivity contribution is 0.351. The highest BCUT2D eigenvalue weighted by Crippen LogP contribution is 2.26. The third-order valence-electron chi connectivity index (χ3n) is 6.49. The zero-order valence-electron chi connectivity index (χ0n) is 19.6. The van der Waals surface area contributed by atoms with Crippen LogP contribution >= 0.6 is 0 Å². The SMILES string of the molecule is CN(C)c1nc(N[C@H]2CC[C@@H](NCCCCCc3ccccc3)CC2)nc2ccccc12. The molecule has 5 nitrogen and oxygen atoms in total. The maximum atomic E-state index is 4.80. The van der Waals surface area contributed by atoms with Crippen LogP contribution in [-0.2, 0) is 6.42 Å². The Kier molecular flexibility index (Phi) is 7.94. The Balaban J connectivity index is 1.17. The summed E-state index contributed by atoms with van der Waals surface area (Å²) in [5.74, 6) is 1.72. The van der Waals surface area contributed by atoms with Crippen molar-refractivity contribution in [2.75, 3.05) is 30.9 Å². The van der Waals surface area contributed by atoms with Gasteiger partial charge in [0.05, 0.1) is 5.52 Å². The molecule has 1 fully saturated rings. The quantitative estimate of drug-likeness (QED) is 0.420. The molecule has 1 aliphatic carbocycles. The van der Waals surface area contributed by atoms with Crippen LogP contribution in [-0.4, -0.2) is 42.7 Å². The van der Waals surface area contributed by atoms with Crippen molar-refractivity contribution < 1.29 is 0 Å². The van der Waals surface area contributed by atoms with E-state index < -0.39 is 0 Å². The number of aromatic nitrogens is 2. The molecule has 1 saturated carbocycles. The summed E-state index contributed by atoms with van der Waals surface area (Å²) in [6.07, 6.45) is 9.81. The van der Waals surface area contributed by atoms with Crippen molar-refractivity contribution >= 4 is 22.7 Å². The molecule has 4 rings (SSSR count). The van der Waals surface area contributed by atoms with Gasteiger partial charge >= 0.3 is 0 Å². The molecule has 0 bridgehead atoms. The van der Waals surface area contributed by atoms with E-state index >= 15 is 0 Å². The van der Waals surface area contributed by atoms with Gasteiger partial charge in [-0.05, 0) is 69.2 Å². The number of rotatable bonds is 10. The molecule has 2 N–H and O–H groups in total. The molecule has 0 aliphatic heterocycles. The third-order valence-corrected chi connectivity index (χ3v) is 6.49. The topological polar surface area (TPSA) is 53.1 Å². The fraction of sp³-hybridized carbons (Fsp3) is 0.481. The first-order valence-corrected chi connectivity index (χ1v) is 12.2. The number of nitrogens with one attached hydrogen (secondary N) is 2. The summed E-state index contributed by atoms with van der Waals surface area (Å²) < 4.78 is 0. The summed E-state index contributed by atoms with van der Waals surface area (Å²) in [5.41, 5.74) is 2.45. The van der Waals surface area contributed by atoms with Crippen molar-refractivity contribution in [2.45, 2.75) is 63.5 Å². The second-order valence-electron chi connectivity index (χ2n) is 9.23. The summed E-state index contributed by atoms with van der Waals surface area (Å²) in [4.78, 5) is 11.6. The van der Waals surface area contributed by atoms with Crippen LogP contribution in [0.15, 0.2) is 54.6 Å². The minimum Gasteiger partial charge on any atom is -0.362 e. The van der Waals surface area contributed by atoms with Gasteiger partial charge in [-0.25, -0.2) is 4.98 Å². The molecule has 3 aromatic rings. The number of hydrogen-bond donors (Lipinski definition) is 2. The zero-order valence-corrected chi connectivity index (χ0v) is 19.6. The number of unbranched alkanes of at least 4 members (excludes halogenated alkanes) is 2. The monoisotopic (exact) mass is 431 g/mol. The smallest absolute Gasteiger partial charge is 0.225 e. The van der Waals surface area contributed by atoms with E-state index in [1.165, 1.54) is 56.9 Å². The van der Waals surface area contributed by atoms with Crippen LogP contribution in [0.2, 0.25) is 0 Å². The fourth-order valence-corrected chi connectivity index (χ4v) is 4.67. The number of para-hydroxylation sites is 1. The summed E-state index contributed by atoms with van der Waals surface area (Å²) >= 11 is 0. The number of aryl methyl sites for hydroxylation is 1. The van der Waals surface area contributed by atoms with E-state index in [4.69, 9.17) is 9.97 Å². The summed E-state index contributed by atoms with van der Waals surface area (Å²) in [7, 11) is 4.08. The predicted molar refractivity (Wildman–Crippen MR) is 136 cm³/mol. The molecule has 0 unspecified atom stereocenters. The van der Waals surface area contributed by atoms with Gasteiger partial charge in [-0.15, -0.1) is 0 Å². The van der Waals surface area contributed by atoms with Crippen LogP contribution in [0.4, 0.5) is 11.8 Å². The Morgan fingerprint density at radius 3 is 2.31 bits per heavy atom. The van der Waals surface area contributed by atoms with Gasteiger partial charge in [-0.3, -0.25) is 0 Å². The Morgan fingerprint density at radius 2 is 1.53 bits per heavy atom. The number of fused-ring (bicyclic) bond motifs is 1. The van der Waals surface area contributed by atoms with Gasteiger partial charge in [0, 0.05) is 31.6 Å². The highest BCUT2D eigenvalue weighted by molar-refractivity contribution is 5.90. The average molecular weight is 432 g/mol. The molecular weight excluding hydrogens is 394 g/mol. The first kappa shape index (κ1) is 22.5. The standard InChI is InChI=1S/C27H37N5/c1-32(2)26-24-14-8-9-15-25(24)30-27(31-26)29-23-18-16-22(17-19-23)28-20-10-4-7-13-21-11-5-3-6-12-21/h3,5-6,8-9,11-12,14-15,22-23,28H,4,7,10,13,16-20H2,1-2H3,(H,29,30,31)/t22-,23+. The Morgan fingerprint density at radius 1 is 0.812 bits per heavy atom. The molecule has 1 aliphatic rings. The van der Waals surface area contributed by atoms with Crippen LogP contribution in [0.25, 0.3) is 10.9 Å². The third kappa shape index (κ3) is 6.19. The van der Waals surface area contributed by atoms with Crippen molar-refractivity contribution in [3.8, 4) is 0 Å². The summed E-state index contributed by atoms with van der Waals surface area (Å²) in [6, 6.07) is 20.2. The molecule has 170 valence electrons. The first-order valence-electron chi connectivity index (χ1n) is 12.2. The number of nitrogens with zero attached hydrogens (tertiary/aromatic N) is 3. The van der Waals surface area contributed by atoms with E-state index in [1.807, 2.05) is 26.2 Å². The minimum atomic E-state index is 0.454. The maximum absolute atomic E-state index is 4.80. The fourth-order valence-electron chi connectivity index (χ4n) is 4.67. The molecule has 1 heterocycles. The summed E-state index contributed by atoms with van der Waals surface area (Å²) in [5, 5.41) is 8.50. The van der Waals surface area contributed by atoms with E-state index in [0.717, 1.165) is 29.2 Å². The molecule has 2 aromatic carbocycles. The summed E-state index contributed by atoms with van der Waals surface area (Å²) in [6.45, 7) is 1.14. The molecule has 0 amide bonds. The van der Waals surface area contributed by atoms with Crippen molar-refractivity contribution in [3.63, 3.8) is 0 Å². The molecule has 32 heavy (non-hydrogen) atoms. The minimum absolute atomic E-state index is 0.454. The molecule has 0 radical (unpaired) electrons. The Bertz CT molecular complexity index is 964. The lowest BCUT2D eigenvalue weighted by Gasteiger charge is -2.30. The second kappa shape index (κ2) is 11.3. The van der Waals surface area contributed by atoms with Gasteiger partial charge in [0.2, 0.25) is 5.95 Å². The second-order valence-corrected chi connectivity index (χ2v) is 9.23. The highest BCUT2D eigenvalue weighted by Gasteiger charge is 2.21. The largest absolute Gasteiger partial charge is 0.362 e. The first-order chi connectivity index (χ1) is 15.7. The molecule has 0 saturated heterocycles. The van der Waals surface area contributed by atoms with Gasteiger partial charge in [0.1, 0.15) is 5.82 Å². The van der Waals surface area contributed by atoms with Gasteiger partial charge in [0.25, 0.3) is 0 Å². The molecule has 1 aromatic heterocycles. The van der Waals surface area contributed by atoms with Crippen LogP contribution in [0.1, 0.15) is 50.5 Å². The van der Waals surface area contributed by atoms with E-state index in [9.17, 15) is 0 Å². The molecule has 5 heteroatoms. The van der Waals surface area contributed by atoms with Crippen LogP contribution < -0.4 is 15.5 Å².